The number of halogens is 1. The molecule has 1 aromatic rings. The Morgan fingerprint density at radius 1 is 1.43 bits per heavy atom. The lowest BCUT2D eigenvalue weighted by molar-refractivity contribution is -0.101. The monoisotopic (exact) mass is 311 g/mol. The summed E-state index contributed by atoms with van der Waals surface area (Å²) in [5.74, 6) is 1.16. The van der Waals surface area contributed by atoms with E-state index in [1.165, 1.54) is 0 Å². The van der Waals surface area contributed by atoms with Gasteiger partial charge in [-0.2, -0.15) is 0 Å². The van der Waals surface area contributed by atoms with Crippen molar-refractivity contribution in [1.29, 1.82) is 0 Å². The van der Waals surface area contributed by atoms with Crippen molar-refractivity contribution < 1.29 is 14.2 Å². The molecule has 0 radical (unpaired) electrons. The lowest BCUT2D eigenvalue weighted by Gasteiger charge is -2.39. The third-order valence-corrected chi connectivity index (χ3v) is 4.89. The molecule has 116 valence electrons. The molecular formula is C16H22ClNO3. The molecule has 3 atom stereocenters. The third-order valence-electron chi connectivity index (χ3n) is 4.66. The Morgan fingerprint density at radius 2 is 2.29 bits per heavy atom. The van der Waals surface area contributed by atoms with Crippen LogP contribution in [0.3, 0.4) is 0 Å². The number of ether oxygens (including phenoxy) is 3. The van der Waals surface area contributed by atoms with Crippen molar-refractivity contribution in [2.75, 3.05) is 26.9 Å². The molecule has 2 aliphatic heterocycles. The first-order valence-electron chi connectivity index (χ1n) is 7.44. The Balaban J connectivity index is 1.81. The first-order chi connectivity index (χ1) is 10.1. The van der Waals surface area contributed by atoms with Gasteiger partial charge in [0.15, 0.2) is 0 Å². The molecule has 0 bridgehead atoms. The molecule has 0 amide bonds. The molecule has 5 heteroatoms. The van der Waals surface area contributed by atoms with Crippen LogP contribution in [0.25, 0.3) is 0 Å². The van der Waals surface area contributed by atoms with Crippen LogP contribution in [0.15, 0.2) is 18.2 Å². The molecule has 1 spiro atoms. The summed E-state index contributed by atoms with van der Waals surface area (Å²) in [6.45, 7) is 2.20. The highest BCUT2D eigenvalue weighted by Crippen LogP contribution is 2.42. The minimum absolute atomic E-state index is 0.0972. The van der Waals surface area contributed by atoms with Crippen LogP contribution in [-0.4, -0.2) is 32.5 Å². The zero-order chi connectivity index (χ0) is 14.9. The van der Waals surface area contributed by atoms with Crippen LogP contribution in [-0.2, 0) is 9.47 Å². The molecule has 2 heterocycles. The van der Waals surface area contributed by atoms with Crippen LogP contribution < -0.4 is 10.5 Å². The van der Waals surface area contributed by atoms with Gasteiger partial charge in [0.2, 0.25) is 0 Å². The van der Waals surface area contributed by atoms with E-state index in [1.807, 2.05) is 18.2 Å². The van der Waals surface area contributed by atoms with Crippen molar-refractivity contribution in [3.8, 4) is 5.75 Å². The molecule has 1 aromatic carbocycles. The summed E-state index contributed by atoms with van der Waals surface area (Å²) in [7, 11) is 1.66. The summed E-state index contributed by atoms with van der Waals surface area (Å²) < 4.78 is 16.9. The second-order valence-electron chi connectivity index (χ2n) is 6.00. The first kappa shape index (κ1) is 15.1. The van der Waals surface area contributed by atoms with Gasteiger partial charge in [0.05, 0.1) is 19.3 Å². The maximum absolute atomic E-state index is 6.53. The van der Waals surface area contributed by atoms with Gasteiger partial charge in [0, 0.05) is 36.3 Å². The van der Waals surface area contributed by atoms with Crippen molar-refractivity contribution in [2.45, 2.75) is 30.9 Å². The number of methoxy groups -OCH3 is 1. The predicted octanol–water partition coefficient (Wildman–Crippen LogP) is 2.93. The number of hydrogen-bond acceptors (Lipinski definition) is 4. The predicted molar refractivity (Wildman–Crippen MR) is 81.8 cm³/mol. The standard InChI is InChI=1S/C16H22ClNO3/c1-19-14-3-2-12(17)8-13(14)15(18)11-4-6-21-16(9-11)5-7-20-10-16/h2-3,8,11,15H,4-7,9-10,18H2,1H3. The van der Waals surface area contributed by atoms with Crippen molar-refractivity contribution in [3.05, 3.63) is 28.8 Å². The average Bonchev–Trinajstić information content (AvgIpc) is 2.94. The second kappa shape index (κ2) is 6.13. The van der Waals surface area contributed by atoms with Crippen LogP contribution in [0.5, 0.6) is 5.75 Å². The zero-order valence-electron chi connectivity index (χ0n) is 12.3. The Labute approximate surface area is 130 Å². The number of hydrogen-bond donors (Lipinski definition) is 1. The Kier molecular flexibility index (Phi) is 4.41. The molecule has 2 saturated heterocycles. The van der Waals surface area contributed by atoms with E-state index in [0.717, 1.165) is 43.8 Å². The summed E-state index contributed by atoms with van der Waals surface area (Å²) >= 11 is 6.12. The molecule has 2 N–H and O–H groups in total. The van der Waals surface area contributed by atoms with Gasteiger partial charge in [0.1, 0.15) is 5.75 Å². The van der Waals surface area contributed by atoms with E-state index < -0.39 is 0 Å². The van der Waals surface area contributed by atoms with Crippen molar-refractivity contribution in [3.63, 3.8) is 0 Å². The summed E-state index contributed by atoms with van der Waals surface area (Å²) in [5.41, 5.74) is 7.38. The van der Waals surface area contributed by atoms with E-state index in [4.69, 9.17) is 31.5 Å². The quantitative estimate of drug-likeness (QED) is 0.932. The van der Waals surface area contributed by atoms with E-state index in [1.54, 1.807) is 7.11 Å². The Hall–Kier alpha value is -0.810. The van der Waals surface area contributed by atoms with E-state index >= 15 is 0 Å². The van der Waals surface area contributed by atoms with Crippen LogP contribution >= 0.6 is 11.6 Å². The highest BCUT2D eigenvalue weighted by molar-refractivity contribution is 6.30. The minimum Gasteiger partial charge on any atom is -0.496 e. The molecule has 0 saturated carbocycles. The third kappa shape index (κ3) is 3.04. The van der Waals surface area contributed by atoms with Gasteiger partial charge in [-0.3, -0.25) is 0 Å². The van der Waals surface area contributed by atoms with Gasteiger partial charge in [0.25, 0.3) is 0 Å². The lowest BCUT2D eigenvalue weighted by Crippen LogP contribution is -2.43. The molecule has 3 unspecified atom stereocenters. The molecule has 21 heavy (non-hydrogen) atoms. The van der Waals surface area contributed by atoms with Gasteiger partial charge >= 0.3 is 0 Å². The molecule has 4 nitrogen and oxygen atoms in total. The van der Waals surface area contributed by atoms with E-state index in [-0.39, 0.29) is 11.6 Å². The second-order valence-corrected chi connectivity index (χ2v) is 6.44. The highest BCUT2D eigenvalue weighted by Gasteiger charge is 2.42. The Morgan fingerprint density at radius 3 is 3.00 bits per heavy atom. The molecule has 0 aromatic heterocycles. The Bertz CT molecular complexity index is 502. The summed E-state index contributed by atoms with van der Waals surface area (Å²) in [4.78, 5) is 0. The SMILES string of the molecule is COc1ccc(Cl)cc1C(N)C1CCOC2(CCOC2)C1. The average molecular weight is 312 g/mol. The number of benzene rings is 1. The van der Waals surface area contributed by atoms with Crippen LogP contribution in [0, 0.1) is 5.92 Å². The van der Waals surface area contributed by atoms with E-state index in [2.05, 4.69) is 0 Å². The van der Waals surface area contributed by atoms with Crippen molar-refractivity contribution >= 4 is 11.6 Å². The van der Waals surface area contributed by atoms with E-state index in [0.29, 0.717) is 17.5 Å². The number of nitrogens with two attached hydrogens (primary N) is 1. The largest absolute Gasteiger partial charge is 0.496 e. The molecule has 2 fully saturated rings. The fraction of sp³-hybridized carbons (Fsp3) is 0.625. The van der Waals surface area contributed by atoms with Gasteiger partial charge in [-0.05, 0) is 37.0 Å². The zero-order valence-corrected chi connectivity index (χ0v) is 13.1. The highest BCUT2D eigenvalue weighted by atomic mass is 35.5. The van der Waals surface area contributed by atoms with Crippen molar-refractivity contribution in [2.24, 2.45) is 11.7 Å². The molecule has 2 aliphatic rings. The maximum Gasteiger partial charge on any atom is 0.123 e. The van der Waals surface area contributed by atoms with Gasteiger partial charge < -0.3 is 19.9 Å². The molecule has 0 aliphatic carbocycles. The van der Waals surface area contributed by atoms with Gasteiger partial charge in [-0.15, -0.1) is 0 Å². The fourth-order valence-electron chi connectivity index (χ4n) is 3.46. The van der Waals surface area contributed by atoms with Gasteiger partial charge in [-0.1, -0.05) is 11.6 Å². The van der Waals surface area contributed by atoms with Crippen molar-refractivity contribution in [1.82, 2.24) is 0 Å². The molecule has 3 rings (SSSR count). The van der Waals surface area contributed by atoms with Crippen LogP contribution in [0.4, 0.5) is 0 Å². The summed E-state index contributed by atoms with van der Waals surface area (Å²) in [6.07, 6.45) is 2.85. The van der Waals surface area contributed by atoms with E-state index in [9.17, 15) is 0 Å². The fourth-order valence-corrected chi connectivity index (χ4v) is 3.64. The van der Waals surface area contributed by atoms with Crippen LogP contribution in [0.2, 0.25) is 5.02 Å². The maximum atomic E-state index is 6.53. The smallest absolute Gasteiger partial charge is 0.123 e. The topological polar surface area (TPSA) is 53.7 Å². The van der Waals surface area contributed by atoms with Crippen LogP contribution in [0.1, 0.15) is 30.9 Å². The lowest BCUT2D eigenvalue weighted by atomic mass is 9.79. The summed E-state index contributed by atoms with van der Waals surface area (Å²) in [6, 6.07) is 5.52. The van der Waals surface area contributed by atoms with Gasteiger partial charge in [-0.25, -0.2) is 0 Å². The first-order valence-corrected chi connectivity index (χ1v) is 7.82. The molecular weight excluding hydrogens is 290 g/mol. The normalized spacial score (nSPS) is 30.5. The minimum atomic E-state index is -0.133. The summed E-state index contributed by atoms with van der Waals surface area (Å²) in [5, 5.41) is 0.687. The number of rotatable bonds is 3.